The van der Waals surface area contributed by atoms with Gasteiger partial charge in [-0.2, -0.15) is 0 Å². The Morgan fingerprint density at radius 1 is 1.00 bits per heavy atom. The quantitative estimate of drug-likeness (QED) is 0.652. The van der Waals surface area contributed by atoms with Crippen molar-refractivity contribution < 1.29 is 4.79 Å². The molecule has 2 aromatic carbocycles. The van der Waals surface area contributed by atoms with Gasteiger partial charge in [0, 0.05) is 14.6 Å². The number of rotatable bonds is 2. The first-order valence-electron chi connectivity index (χ1n) is 5.19. The van der Waals surface area contributed by atoms with Gasteiger partial charge in [0.05, 0.1) is 15.6 Å². The number of anilines is 1. The second kappa shape index (κ2) is 6.27. The lowest BCUT2D eigenvalue weighted by Gasteiger charge is -2.08. The molecule has 0 aromatic heterocycles. The molecule has 2 aromatic rings. The van der Waals surface area contributed by atoms with Crippen LogP contribution in [0.25, 0.3) is 0 Å². The van der Waals surface area contributed by atoms with Gasteiger partial charge in [0.25, 0.3) is 5.91 Å². The van der Waals surface area contributed by atoms with Crippen LogP contribution in [-0.2, 0) is 0 Å². The van der Waals surface area contributed by atoms with Crippen molar-refractivity contribution in [3.05, 3.63) is 61.0 Å². The van der Waals surface area contributed by atoms with E-state index in [1.165, 1.54) is 0 Å². The maximum absolute atomic E-state index is 12.1. The molecular formula is C13H7Br2Cl2NO. The lowest BCUT2D eigenvalue weighted by atomic mass is 10.2. The van der Waals surface area contributed by atoms with E-state index >= 15 is 0 Å². The monoisotopic (exact) mass is 421 g/mol. The predicted octanol–water partition coefficient (Wildman–Crippen LogP) is 5.77. The van der Waals surface area contributed by atoms with Crippen LogP contribution in [0.3, 0.4) is 0 Å². The van der Waals surface area contributed by atoms with E-state index in [4.69, 9.17) is 23.2 Å². The summed E-state index contributed by atoms with van der Waals surface area (Å²) >= 11 is 18.6. The van der Waals surface area contributed by atoms with Crippen LogP contribution in [0.1, 0.15) is 10.4 Å². The molecule has 2 rings (SSSR count). The van der Waals surface area contributed by atoms with Crippen LogP contribution in [0, 0.1) is 0 Å². The van der Waals surface area contributed by atoms with E-state index in [0.29, 0.717) is 21.3 Å². The van der Waals surface area contributed by atoms with Gasteiger partial charge in [-0.1, -0.05) is 39.1 Å². The maximum atomic E-state index is 12.1. The highest BCUT2D eigenvalue weighted by Crippen LogP contribution is 2.27. The van der Waals surface area contributed by atoms with Gasteiger partial charge in [-0.15, -0.1) is 0 Å². The zero-order valence-corrected chi connectivity index (χ0v) is 14.1. The average molecular weight is 424 g/mol. The first-order chi connectivity index (χ1) is 8.97. The zero-order valence-electron chi connectivity index (χ0n) is 9.38. The van der Waals surface area contributed by atoms with Crippen LogP contribution in [0.2, 0.25) is 10.0 Å². The SMILES string of the molecule is O=C(Nc1ccc(Br)c(Cl)c1)c1ccc(Br)cc1Cl. The largest absolute Gasteiger partial charge is 0.322 e. The Labute approximate surface area is 137 Å². The summed E-state index contributed by atoms with van der Waals surface area (Å²) in [5, 5.41) is 3.65. The summed E-state index contributed by atoms with van der Waals surface area (Å²) in [6, 6.07) is 10.3. The summed E-state index contributed by atoms with van der Waals surface area (Å²) in [6.07, 6.45) is 0. The molecule has 0 saturated carbocycles. The predicted molar refractivity (Wildman–Crippen MR) is 86.3 cm³/mol. The van der Waals surface area contributed by atoms with E-state index in [2.05, 4.69) is 37.2 Å². The molecule has 0 saturated heterocycles. The number of hydrogen-bond donors (Lipinski definition) is 1. The Balaban J connectivity index is 2.23. The van der Waals surface area contributed by atoms with Crippen molar-refractivity contribution >= 4 is 66.7 Å². The zero-order chi connectivity index (χ0) is 14.0. The number of carbonyl (C=O) groups is 1. The molecule has 0 spiro atoms. The molecule has 0 fully saturated rings. The highest BCUT2D eigenvalue weighted by Gasteiger charge is 2.11. The molecular weight excluding hydrogens is 417 g/mol. The molecule has 1 N–H and O–H groups in total. The molecule has 98 valence electrons. The summed E-state index contributed by atoms with van der Waals surface area (Å²) in [7, 11) is 0. The Morgan fingerprint density at radius 3 is 2.37 bits per heavy atom. The maximum Gasteiger partial charge on any atom is 0.257 e. The van der Waals surface area contributed by atoms with E-state index in [1.54, 1.807) is 36.4 Å². The van der Waals surface area contributed by atoms with Crippen LogP contribution in [0.15, 0.2) is 45.3 Å². The summed E-state index contributed by atoms with van der Waals surface area (Å²) in [6.45, 7) is 0. The fourth-order valence-corrected chi connectivity index (χ4v) is 2.63. The summed E-state index contributed by atoms with van der Waals surface area (Å²) in [5.74, 6) is -0.282. The van der Waals surface area contributed by atoms with Crippen LogP contribution in [0.4, 0.5) is 5.69 Å². The molecule has 0 radical (unpaired) electrons. The van der Waals surface area contributed by atoms with Gasteiger partial charge in [0.2, 0.25) is 0 Å². The first kappa shape index (κ1) is 14.9. The molecule has 1 amide bonds. The standard InChI is InChI=1S/C13H7Br2Cl2NO/c14-7-1-3-9(11(16)5-7)13(19)18-8-2-4-10(15)12(17)6-8/h1-6H,(H,18,19). The van der Waals surface area contributed by atoms with Crippen molar-refractivity contribution in [3.63, 3.8) is 0 Å². The van der Waals surface area contributed by atoms with Crippen LogP contribution >= 0.6 is 55.1 Å². The number of hydrogen-bond acceptors (Lipinski definition) is 1. The molecule has 6 heteroatoms. The first-order valence-corrected chi connectivity index (χ1v) is 7.53. The van der Waals surface area contributed by atoms with Gasteiger partial charge in [-0.25, -0.2) is 0 Å². The Bertz CT molecular complexity index is 647. The minimum absolute atomic E-state index is 0.282. The molecule has 0 aliphatic carbocycles. The van der Waals surface area contributed by atoms with Gasteiger partial charge >= 0.3 is 0 Å². The topological polar surface area (TPSA) is 29.1 Å². The van der Waals surface area contributed by atoms with Crippen molar-refractivity contribution in [1.29, 1.82) is 0 Å². The van der Waals surface area contributed by atoms with Gasteiger partial charge in [-0.05, 0) is 52.3 Å². The van der Waals surface area contributed by atoms with Crippen molar-refractivity contribution in [2.75, 3.05) is 5.32 Å². The molecule has 0 aliphatic rings. The smallest absolute Gasteiger partial charge is 0.257 e. The third-order valence-corrected chi connectivity index (χ3v) is 4.39. The molecule has 0 aliphatic heterocycles. The summed E-state index contributed by atoms with van der Waals surface area (Å²) in [5.41, 5.74) is 1.01. The van der Waals surface area contributed by atoms with E-state index in [1.807, 2.05) is 0 Å². The summed E-state index contributed by atoms with van der Waals surface area (Å²) < 4.78 is 1.59. The minimum atomic E-state index is -0.282. The lowest BCUT2D eigenvalue weighted by Crippen LogP contribution is -2.12. The highest BCUT2D eigenvalue weighted by atomic mass is 79.9. The van der Waals surface area contributed by atoms with Gasteiger partial charge in [0.15, 0.2) is 0 Å². The van der Waals surface area contributed by atoms with Gasteiger partial charge in [0.1, 0.15) is 0 Å². The number of benzene rings is 2. The lowest BCUT2D eigenvalue weighted by molar-refractivity contribution is 0.102. The second-order valence-corrected chi connectivity index (χ2v) is 6.29. The third-order valence-electron chi connectivity index (χ3n) is 2.35. The molecule has 0 heterocycles. The fraction of sp³-hybridized carbons (Fsp3) is 0. The Kier molecular flexibility index (Phi) is 4.90. The summed E-state index contributed by atoms with van der Waals surface area (Å²) in [4.78, 5) is 12.1. The van der Waals surface area contributed by atoms with E-state index in [-0.39, 0.29) is 5.91 Å². The number of halogens is 4. The fourth-order valence-electron chi connectivity index (χ4n) is 1.45. The van der Waals surface area contributed by atoms with E-state index in [0.717, 1.165) is 8.95 Å². The molecule has 0 unspecified atom stereocenters. The molecule has 0 bridgehead atoms. The van der Waals surface area contributed by atoms with Crippen molar-refractivity contribution in [1.82, 2.24) is 0 Å². The average Bonchev–Trinajstić information content (AvgIpc) is 2.33. The number of amides is 1. The second-order valence-electron chi connectivity index (χ2n) is 3.71. The van der Waals surface area contributed by atoms with Gasteiger partial charge in [-0.3, -0.25) is 4.79 Å². The number of carbonyl (C=O) groups excluding carboxylic acids is 1. The highest BCUT2D eigenvalue weighted by molar-refractivity contribution is 9.10. The van der Waals surface area contributed by atoms with Crippen molar-refractivity contribution in [2.24, 2.45) is 0 Å². The van der Waals surface area contributed by atoms with Gasteiger partial charge < -0.3 is 5.32 Å². The van der Waals surface area contributed by atoms with Crippen molar-refractivity contribution in [3.8, 4) is 0 Å². The molecule has 0 atom stereocenters. The van der Waals surface area contributed by atoms with E-state index < -0.39 is 0 Å². The van der Waals surface area contributed by atoms with Crippen LogP contribution in [0.5, 0.6) is 0 Å². The van der Waals surface area contributed by atoms with Crippen molar-refractivity contribution in [2.45, 2.75) is 0 Å². The number of nitrogens with one attached hydrogen (secondary N) is 1. The molecule has 2 nitrogen and oxygen atoms in total. The third kappa shape index (κ3) is 3.72. The molecule has 19 heavy (non-hydrogen) atoms. The minimum Gasteiger partial charge on any atom is -0.322 e. The van der Waals surface area contributed by atoms with Crippen LogP contribution in [-0.4, -0.2) is 5.91 Å². The van der Waals surface area contributed by atoms with E-state index in [9.17, 15) is 4.79 Å². The van der Waals surface area contributed by atoms with Crippen LogP contribution < -0.4 is 5.32 Å². The Morgan fingerprint density at radius 2 is 1.74 bits per heavy atom. The normalized spacial score (nSPS) is 10.3. The Hall–Kier alpha value is -0.550.